The zero-order valence-electron chi connectivity index (χ0n) is 12.7. The third-order valence-corrected chi connectivity index (χ3v) is 4.34. The lowest BCUT2D eigenvalue weighted by molar-refractivity contribution is 0.103. The first-order chi connectivity index (χ1) is 10.2. The van der Waals surface area contributed by atoms with Gasteiger partial charge in [-0.2, -0.15) is 0 Å². The molecule has 21 heavy (non-hydrogen) atoms. The summed E-state index contributed by atoms with van der Waals surface area (Å²) in [5.41, 5.74) is 0.982. The molecule has 1 aliphatic rings. The second kappa shape index (κ2) is 5.90. The summed E-state index contributed by atoms with van der Waals surface area (Å²) in [5.74, 6) is 0.906. The van der Waals surface area contributed by atoms with E-state index < -0.39 is 0 Å². The third-order valence-electron chi connectivity index (χ3n) is 4.34. The second-order valence-electron chi connectivity index (χ2n) is 5.76. The van der Waals surface area contributed by atoms with E-state index in [1.807, 2.05) is 25.1 Å². The molecule has 1 aliphatic heterocycles. The normalized spacial score (nSPS) is 17.2. The van der Waals surface area contributed by atoms with Crippen molar-refractivity contribution < 1.29 is 4.74 Å². The van der Waals surface area contributed by atoms with E-state index in [2.05, 4.69) is 16.8 Å². The van der Waals surface area contributed by atoms with E-state index in [1.54, 1.807) is 6.20 Å². The fourth-order valence-electron chi connectivity index (χ4n) is 2.97. The van der Waals surface area contributed by atoms with Crippen molar-refractivity contribution in [2.75, 3.05) is 19.6 Å². The van der Waals surface area contributed by atoms with Crippen molar-refractivity contribution in [3.8, 4) is 5.75 Å². The predicted octanol–water partition coefficient (Wildman–Crippen LogP) is 2.70. The maximum absolute atomic E-state index is 11.8. The van der Waals surface area contributed by atoms with Gasteiger partial charge in [-0.15, -0.1) is 0 Å². The van der Waals surface area contributed by atoms with Gasteiger partial charge in [-0.3, -0.25) is 4.79 Å². The van der Waals surface area contributed by atoms with Crippen LogP contribution in [0.3, 0.4) is 0 Å². The summed E-state index contributed by atoms with van der Waals surface area (Å²) in [6, 6.07) is 5.83. The van der Waals surface area contributed by atoms with E-state index in [4.69, 9.17) is 4.74 Å². The van der Waals surface area contributed by atoms with Crippen molar-refractivity contribution in [3.05, 3.63) is 40.3 Å². The molecule has 2 heterocycles. The number of aryl methyl sites for hydroxylation is 1. The lowest BCUT2D eigenvalue weighted by atomic mass is 10.1. The summed E-state index contributed by atoms with van der Waals surface area (Å²) in [6.45, 7) is 7.53. The molecule has 0 bridgehead atoms. The Bertz CT molecular complexity index is 685. The fourth-order valence-corrected chi connectivity index (χ4v) is 2.97. The molecule has 0 radical (unpaired) electrons. The quantitative estimate of drug-likeness (QED) is 0.943. The van der Waals surface area contributed by atoms with Gasteiger partial charge in [0.15, 0.2) is 0 Å². The third kappa shape index (κ3) is 2.95. The molecule has 4 heteroatoms. The maximum Gasteiger partial charge on any atom is 0.255 e. The van der Waals surface area contributed by atoms with Gasteiger partial charge in [0, 0.05) is 24.7 Å². The van der Waals surface area contributed by atoms with Crippen LogP contribution in [-0.4, -0.2) is 35.6 Å². The van der Waals surface area contributed by atoms with Gasteiger partial charge in [0.2, 0.25) is 0 Å². The Hall–Kier alpha value is -1.81. The molecule has 1 saturated heterocycles. The van der Waals surface area contributed by atoms with Gasteiger partial charge in [0.1, 0.15) is 11.9 Å². The number of hydrogen-bond acceptors (Lipinski definition) is 3. The lowest BCUT2D eigenvalue weighted by Crippen LogP contribution is -2.38. The Kier molecular flexibility index (Phi) is 3.97. The molecule has 0 atom stereocenters. The number of fused-ring (bicyclic) bond motifs is 1. The van der Waals surface area contributed by atoms with Gasteiger partial charge in [-0.05, 0) is 55.5 Å². The molecule has 0 spiro atoms. The van der Waals surface area contributed by atoms with Gasteiger partial charge in [-0.25, -0.2) is 0 Å². The molecule has 1 N–H and O–H groups in total. The van der Waals surface area contributed by atoms with Crippen molar-refractivity contribution >= 4 is 10.8 Å². The van der Waals surface area contributed by atoms with E-state index in [0.29, 0.717) is 0 Å². The molecule has 4 nitrogen and oxygen atoms in total. The number of likely N-dealkylation sites (tertiary alicyclic amines) is 1. The van der Waals surface area contributed by atoms with Crippen LogP contribution in [0.2, 0.25) is 0 Å². The van der Waals surface area contributed by atoms with Crippen LogP contribution in [0.15, 0.2) is 29.2 Å². The molecule has 0 unspecified atom stereocenters. The second-order valence-corrected chi connectivity index (χ2v) is 5.76. The molecule has 112 valence electrons. The summed E-state index contributed by atoms with van der Waals surface area (Å²) in [6.07, 6.45) is 4.11. The highest BCUT2D eigenvalue weighted by molar-refractivity contribution is 5.83. The number of nitrogens with one attached hydrogen (secondary N) is 1. The molecule has 0 saturated carbocycles. The first-order valence-corrected chi connectivity index (χ1v) is 7.68. The van der Waals surface area contributed by atoms with E-state index in [9.17, 15) is 4.79 Å². The van der Waals surface area contributed by atoms with Crippen LogP contribution in [0.1, 0.15) is 25.3 Å². The highest BCUT2D eigenvalue weighted by Gasteiger charge is 2.20. The number of benzene rings is 1. The van der Waals surface area contributed by atoms with Crippen molar-refractivity contribution in [2.45, 2.75) is 32.8 Å². The topological polar surface area (TPSA) is 45.3 Å². The number of aromatic amines is 1. The molecular weight excluding hydrogens is 264 g/mol. The number of ether oxygens (including phenoxy) is 1. The van der Waals surface area contributed by atoms with Crippen LogP contribution in [0.25, 0.3) is 10.8 Å². The van der Waals surface area contributed by atoms with Crippen molar-refractivity contribution in [1.29, 1.82) is 0 Å². The number of pyridine rings is 1. The number of rotatable bonds is 3. The van der Waals surface area contributed by atoms with Gasteiger partial charge in [0.05, 0.1) is 0 Å². The first kappa shape index (κ1) is 14.1. The molecule has 1 aromatic heterocycles. The van der Waals surface area contributed by atoms with Gasteiger partial charge in [0.25, 0.3) is 5.56 Å². The van der Waals surface area contributed by atoms with Crippen LogP contribution in [-0.2, 0) is 0 Å². The SMILES string of the molecule is CCN1CCC(Oc2cc3cc[nH]c(=O)c3cc2C)CC1. The molecule has 0 aliphatic carbocycles. The average Bonchev–Trinajstić information content (AvgIpc) is 2.50. The number of H-pyrrole nitrogens is 1. The summed E-state index contributed by atoms with van der Waals surface area (Å²) in [4.78, 5) is 17.0. The predicted molar refractivity (Wildman–Crippen MR) is 85.1 cm³/mol. The van der Waals surface area contributed by atoms with E-state index in [1.165, 1.54) is 0 Å². The van der Waals surface area contributed by atoms with Crippen LogP contribution in [0.4, 0.5) is 0 Å². The zero-order chi connectivity index (χ0) is 14.8. The first-order valence-electron chi connectivity index (χ1n) is 7.68. The molecule has 1 fully saturated rings. The fraction of sp³-hybridized carbons (Fsp3) is 0.471. The summed E-state index contributed by atoms with van der Waals surface area (Å²) < 4.78 is 6.19. The van der Waals surface area contributed by atoms with E-state index in [0.717, 1.165) is 54.6 Å². The van der Waals surface area contributed by atoms with Gasteiger partial charge in [-0.1, -0.05) is 6.92 Å². The van der Waals surface area contributed by atoms with Crippen LogP contribution in [0, 0.1) is 6.92 Å². The van der Waals surface area contributed by atoms with Crippen molar-refractivity contribution in [1.82, 2.24) is 9.88 Å². The Balaban J connectivity index is 1.81. The van der Waals surface area contributed by atoms with Crippen LogP contribution >= 0.6 is 0 Å². The maximum atomic E-state index is 11.8. The van der Waals surface area contributed by atoms with E-state index in [-0.39, 0.29) is 11.7 Å². The standard InChI is InChI=1S/C17H22N2O2/c1-3-19-8-5-14(6-9-19)21-16-11-13-4-7-18-17(20)15(13)10-12(16)2/h4,7,10-11,14H,3,5-6,8-9H2,1-2H3,(H,18,20). The minimum absolute atomic E-state index is 0.0431. The highest BCUT2D eigenvalue weighted by Crippen LogP contribution is 2.26. The number of nitrogens with zero attached hydrogens (tertiary/aromatic N) is 1. The minimum Gasteiger partial charge on any atom is -0.490 e. The van der Waals surface area contributed by atoms with Crippen molar-refractivity contribution in [2.24, 2.45) is 0 Å². The molecule has 0 amide bonds. The van der Waals surface area contributed by atoms with Gasteiger partial charge >= 0.3 is 0 Å². The zero-order valence-corrected chi connectivity index (χ0v) is 12.7. The lowest BCUT2D eigenvalue weighted by Gasteiger charge is -2.31. The molecule has 3 rings (SSSR count). The van der Waals surface area contributed by atoms with Crippen LogP contribution < -0.4 is 10.3 Å². The largest absolute Gasteiger partial charge is 0.490 e. The van der Waals surface area contributed by atoms with E-state index >= 15 is 0 Å². The Morgan fingerprint density at radius 1 is 1.33 bits per heavy atom. The average molecular weight is 286 g/mol. The summed E-state index contributed by atoms with van der Waals surface area (Å²) in [7, 11) is 0. The number of hydrogen-bond donors (Lipinski definition) is 1. The Morgan fingerprint density at radius 3 is 2.81 bits per heavy atom. The highest BCUT2D eigenvalue weighted by atomic mass is 16.5. The van der Waals surface area contributed by atoms with Gasteiger partial charge < -0.3 is 14.6 Å². The summed E-state index contributed by atoms with van der Waals surface area (Å²) >= 11 is 0. The summed E-state index contributed by atoms with van der Waals surface area (Å²) in [5, 5.41) is 1.66. The molecular formula is C17H22N2O2. The number of aromatic nitrogens is 1. The van der Waals surface area contributed by atoms with Crippen molar-refractivity contribution in [3.63, 3.8) is 0 Å². The molecule has 1 aromatic carbocycles. The Morgan fingerprint density at radius 2 is 2.10 bits per heavy atom. The number of piperidine rings is 1. The van der Waals surface area contributed by atoms with Crippen LogP contribution in [0.5, 0.6) is 5.75 Å². The smallest absolute Gasteiger partial charge is 0.255 e. The molecule has 2 aromatic rings. The minimum atomic E-state index is -0.0431. The monoisotopic (exact) mass is 286 g/mol. The Labute approximate surface area is 124 Å².